The SMILES string of the molecule is Cc1cc(NC2CCOC2C)nc(C)n1. The Bertz CT molecular complexity index is 333. The van der Waals surface area contributed by atoms with Crippen molar-refractivity contribution < 1.29 is 4.74 Å². The fourth-order valence-corrected chi connectivity index (χ4v) is 1.90. The van der Waals surface area contributed by atoms with Crippen LogP contribution in [0.3, 0.4) is 0 Å². The minimum Gasteiger partial charge on any atom is -0.376 e. The van der Waals surface area contributed by atoms with Gasteiger partial charge in [0.2, 0.25) is 0 Å². The number of hydrogen-bond donors (Lipinski definition) is 1. The average Bonchev–Trinajstić information content (AvgIpc) is 2.50. The van der Waals surface area contributed by atoms with Crippen molar-refractivity contribution >= 4 is 5.82 Å². The first-order chi connectivity index (χ1) is 7.15. The normalized spacial score (nSPS) is 25.5. The Morgan fingerprint density at radius 2 is 2.20 bits per heavy atom. The number of nitrogens with one attached hydrogen (secondary N) is 1. The second kappa shape index (κ2) is 4.14. The molecule has 0 aliphatic carbocycles. The van der Waals surface area contributed by atoms with Crippen LogP contribution < -0.4 is 5.32 Å². The van der Waals surface area contributed by atoms with E-state index >= 15 is 0 Å². The number of aryl methyl sites for hydroxylation is 2. The molecule has 0 bridgehead atoms. The van der Waals surface area contributed by atoms with Crippen LogP contribution in [0.1, 0.15) is 24.9 Å². The van der Waals surface area contributed by atoms with Gasteiger partial charge in [-0.1, -0.05) is 0 Å². The Hall–Kier alpha value is -1.16. The van der Waals surface area contributed by atoms with E-state index in [0.29, 0.717) is 6.04 Å². The molecule has 2 unspecified atom stereocenters. The maximum Gasteiger partial charge on any atom is 0.130 e. The highest BCUT2D eigenvalue weighted by Crippen LogP contribution is 2.17. The van der Waals surface area contributed by atoms with Crippen molar-refractivity contribution in [3.63, 3.8) is 0 Å². The zero-order valence-corrected chi connectivity index (χ0v) is 9.45. The summed E-state index contributed by atoms with van der Waals surface area (Å²) < 4.78 is 5.49. The largest absolute Gasteiger partial charge is 0.376 e. The fraction of sp³-hybridized carbons (Fsp3) is 0.636. The highest BCUT2D eigenvalue weighted by molar-refractivity contribution is 5.37. The predicted molar refractivity (Wildman–Crippen MR) is 58.9 cm³/mol. The van der Waals surface area contributed by atoms with E-state index in [4.69, 9.17) is 4.74 Å². The zero-order valence-electron chi connectivity index (χ0n) is 9.45. The minimum atomic E-state index is 0.264. The summed E-state index contributed by atoms with van der Waals surface area (Å²) in [5.74, 6) is 1.71. The van der Waals surface area contributed by atoms with E-state index in [9.17, 15) is 0 Å². The van der Waals surface area contributed by atoms with Crippen LogP contribution in [0.25, 0.3) is 0 Å². The summed E-state index contributed by atoms with van der Waals surface area (Å²) in [5.41, 5.74) is 0.997. The van der Waals surface area contributed by atoms with E-state index < -0.39 is 0 Å². The molecule has 1 aliphatic heterocycles. The molecule has 1 saturated heterocycles. The van der Waals surface area contributed by atoms with E-state index in [1.165, 1.54) is 0 Å². The molecule has 0 aromatic carbocycles. The summed E-state index contributed by atoms with van der Waals surface area (Å²) in [4.78, 5) is 8.60. The van der Waals surface area contributed by atoms with Crippen LogP contribution in [-0.2, 0) is 4.74 Å². The summed E-state index contributed by atoms with van der Waals surface area (Å²) in [5, 5.41) is 3.40. The van der Waals surface area contributed by atoms with Gasteiger partial charge in [0.25, 0.3) is 0 Å². The Kier molecular flexibility index (Phi) is 2.86. The highest BCUT2D eigenvalue weighted by atomic mass is 16.5. The van der Waals surface area contributed by atoms with Gasteiger partial charge in [0.05, 0.1) is 12.1 Å². The van der Waals surface area contributed by atoms with Crippen LogP contribution in [-0.4, -0.2) is 28.7 Å². The number of hydrogen-bond acceptors (Lipinski definition) is 4. The lowest BCUT2D eigenvalue weighted by Gasteiger charge is -2.16. The molecule has 1 N–H and O–H groups in total. The smallest absolute Gasteiger partial charge is 0.130 e. The maximum absolute atomic E-state index is 5.49. The lowest BCUT2D eigenvalue weighted by molar-refractivity contribution is 0.121. The van der Waals surface area contributed by atoms with Gasteiger partial charge < -0.3 is 10.1 Å². The van der Waals surface area contributed by atoms with Gasteiger partial charge in [0, 0.05) is 18.4 Å². The highest BCUT2D eigenvalue weighted by Gasteiger charge is 2.24. The first-order valence-electron chi connectivity index (χ1n) is 5.35. The van der Waals surface area contributed by atoms with Crippen molar-refractivity contribution in [3.8, 4) is 0 Å². The summed E-state index contributed by atoms with van der Waals surface area (Å²) >= 11 is 0. The zero-order chi connectivity index (χ0) is 10.8. The second-order valence-corrected chi connectivity index (χ2v) is 4.06. The molecule has 82 valence electrons. The number of ether oxygens (including phenoxy) is 1. The first kappa shape index (κ1) is 10.4. The number of anilines is 1. The van der Waals surface area contributed by atoms with Gasteiger partial charge >= 0.3 is 0 Å². The minimum absolute atomic E-state index is 0.264. The standard InChI is InChI=1S/C11H17N3O/c1-7-6-11(13-9(3)12-7)14-10-4-5-15-8(10)2/h6,8,10H,4-5H2,1-3H3,(H,12,13,14). The van der Waals surface area contributed by atoms with Gasteiger partial charge in [-0.2, -0.15) is 0 Å². The van der Waals surface area contributed by atoms with Crippen LogP contribution in [0.4, 0.5) is 5.82 Å². The van der Waals surface area contributed by atoms with Crippen molar-refractivity contribution in [1.29, 1.82) is 0 Å². The fourth-order valence-electron chi connectivity index (χ4n) is 1.90. The molecule has 0 radical (unpaired) electrons. The third kappa shape index (κ3) is 2.45. The van der Waals surface area contributed by atoms with Crippen LogP contribution in [0.15, 0.2) is 6.07 Å². The number of nitrogens with zero attached hydrogens (tertiary/aromatic N) is 2. The van der Waals surface area contributed by atoms with Crippen molar-refractivity contribution in [2.75, 3.05) is 11.9 Å². The van der Waals surface area contributed by atoms with E-state index in [1.54, 1.807) is 0 Å². The van der Waals surface area contributed by atoms with Crippen molar-refractivity contribution in [2.24, 2.45) is 0 Å². The molecule has 4 heteroatoms. The van der Waals surface area contributed by atoms with Gasteiger partial charge in [0.15, 0.2) is 0 Å². The van der Waals surface area contributed by atoms with Gasteiger partial charge in [-0.3, -0.25) is 0 Å². The monoisotopic (exact) mass is 207 g/mol. The number of aromatic nitrogens is 2. The molecule has 1 aliphatic rings. The van der Waals surface area contributed by atoms with E-state index in [-0.39, 0.29) is 6.10 Å². The molecule has 2 heterocycles. The van der Waals surface area contributed by atoms with Crippen LogP contribution in [0.2, 0.25) is 0 Å². The topological polar surface area (TPSA) is 47.0 Å². The van der Waals surface area contributed by atoms with Crippen LogP contribution in [0, 0.1) is 13.8 Å². The van der Waals surface area contributed by atoms with E-state index in [1.807, 2.05) is 19.9 Å². The van der Waals surface area contributed by atoms with Crippen molar-refractivity contribution in [2.45, 2.75) is 39.3 Å². The Morgan fingerprint density at radius 3 is 2.80 bits per heavy atom. The quantitative estimate of drug-likeness (QED) is 0.801. The molecular formula is C11H17N3O. The van der Waals surface area contributed by atoms with Gasteiger partial charge in [-0.15, -0.1) is 0 Å². The molecule has 0 spiro atoms. The molecule has 2 atom stereocenters. The lowest BCUT2D eigenvalue weighted by atomic mass is 10.1. The second-order valence-electron chi connectivity index (χ2n) is 4.06. The Labute approximate surface area is 90.1 Å². The molecular weight excluding hydrogens is 190 g/mol. The lowest BCUT2D eigenvalue weighted by Crippen LogP contribution is -2.27. The first-order valence-corrected chi connectivity index (χ1v) is 5.35. The summed E-state index contributed by atoms with van der Waals surface area (Å²) in [6.07, 6.45) is 1.31. The average molecular weight is 207 g/mol. The van der Waals surface area contributed by atoms with Gasteiger partial charge in [0.1, 0.15) is 11.6 Å². The van der Waals surface area contributed by atoms with E-state index in [0.717, 1.165) is 30.4 Å². The predicted octanol–water partition coefficient (Wildman–Crippen LogP) is 1.68. The van der Waals surface area contributed by atoms with Crippen molar-refractivity contribution in [3.05, 3.63) is 17.6 Å². The molecule has 15 heavy (non-hydrogen) atoms. The summed E-state index contributed by atoms with van der Waals surface area (Å²) in [7, 11) is 0. The molecule has 1 fully saturated rings. The summed E-state index contributed by atoms with van der Waals surface area (Å²) in [6.45, 7) is 6.81. The molecule has 4 nitrogen and oxygen atoms in total. The van der Waals surface area contributed by atoms with Crippen LogP contribution in [0.5, 0.6) is 0 Å². The van der Waals surface area contributed by atoms with E-state index in [2.05, 4.69) is 22.2 Å². The third-order valence-electron chi connectivity index (χ3n) is 2.68. The van der Waals surface area contributed by atoms with Crippen LogP contribution >= 0.6 is 0 Å². The summed E-state index contributed by atoms with van der Waals surface area (Å²) in [6, 6.07) is 2.34. The van der Waals surface area contributed by atoms with Crippen molar-refractivity contribution in [1.82, 2.24) is 9.97 Å². The van der Waals surface area contributed by atoms with Gasteiger partial charge in [-0.05, 0) is 27.2 Å². The van der Waals surface area contributed by atoms with Gasteiger partial charge in [-0.25, -0.2) is 9.97 Å². The molecule has 0 amide bonds. The number of rotatable bonds is 2. The molecule has 0 saturated carbocycles. The Balaban J connectivity index is 2.10. The Morgan fingerprint density at radius 1 is 1.40 bits per heavy atom. The third-order valence-corrected chi connectivity index (χ3v) is 2.68. The maximum atomic E-state index is 5.49. The molecule has 1 aromatic rings. The molecule has 1 aromatic heterocycles. The molecule has 2 rings (SSSR count).